The van der Waals surface area contributed by atoms with E-state index in [9.17, 15) is 0 Å². The molecule has 0 aliphatic carbocycles. The van der Waals surface area contributed by atoms with Crippen LogP contribution in [-0.2, 0) is 23.7 Å². The molecule has 0 bridgehead atoms. The zero-order chi connectivity index (χ0) is 101. The van der Waals surface area contributed by atoms with Crippen LogP contribution in [0.5, 0.6) is 46.0 Å². The molecule has 6 aliphatic heterocycles. The zero-order valence-electron chi connectivity index (χ0n) is 85.9. The van der Waals surface area contributed by atoms with E-state index in [0.717, 1.165) is 245 Å². The van der Waals surface area contributed by atoms with Crippen LogP contribution in [0.2, 0.25) is 10.0 Å². The van der Waals surface area contributed by atoms with Gasteiger partial charge in [-0.05, 0) is 297 Å². The highest BCUT2D eigenvalue weighted by molar-refractivity contribution is 6.42. The molecule has 14 heterocycles. The van der Waals surface area contributed by atoms with Crippen LogP contribution < -0.4 is 37.9 Å². The average Bonchev–Trinajstić information content (AvgIpc) is 1.66. The topological polar surface area (TPSA) is 295 Å². The van der Waals surface area contributed by atoms with E-state index in [-0.39, 0.29) is 10.8 Å². The summed E-state index contributed by atoms with van der Waals surface area (Å²) in [6.07, 6.45) is 14.7. The molecule has 768 valence electrons. The van der Waals surface area contributed by atoms with E-state index in [0.29, 0.717) is 156 Å². The van der Waals surface area contributed by atoms with Gasteiger partial charge in [0.25, 0.3) is 23.6 Å². The van der Waals surface area contributed by atoms with Gasteiger partial charge in [0.15, 0.2) is 46.0 Å². The predicted molar refractivity (Wildman–Crippen MR) is 564 cm³/mol. The van der Waals surface area contributed by atoms with E-state index in [4.69, 9.17) is 96.4 Å². The van der Waals surface area contributed by atoms with Gasteiger partial charge in [0, 0.05) is 74.1 Å². The van der Waals surface area contributed by atoms with E-state index in [1.165, 1.54) is 46.2 Å². The van der Waals surface area contributed by atoms with Crippen LogP contribution in [0.4, 0.5) is 0 Å². The third-order valence-corrected chi connectivity index (χ3v) is 28.9. The Kier molecular flexibility index (Phi) is 32.5. The fourth-order valence-electron chi connectivity index (χ4n) is 19.8. The molecule has 0 spiro atoms. The van der Waals surface area contributed by atoms with Gasteiger partial charge in [-0.3, -0.25) is 0 Å². The summed E-state index contributed by atoms with van der Waals surface area (Å²) < 4.78 is 93.9. The van der Waals surface area contributed by atoms with Crippen LogP contribution in [0.3, 0.4) is 0 Å². The molecule has 8 aromatic heterocycles. The average molecular weight is 2020 g/mol. The number of furan rings is 4. The summed E-state index contributed by atoms with van der Waals surface area (Å²) in [5.74, 6) is 16.3. The maximum absolute atomic E-state index is 6.21. The number of aryl methyl sites for hydroxylation is 2. The quantitative estimate of drug-likeness (QED) is 0.0354. The Labute approximate surface area is 862 Å². The lowest BCUT2D eigenvalue weighted by Gasteiger charge is -2.32. The third kappa shape index (κ3) is 25.6. The minimum atomic E-state index is -0.218. The van der Waals surface area contributed by atoms with Gasteiger partial charge in [-0.15, -0.1) is 40.8 Å². The van der Waals surface area contributed by atoms with Crippen molar-refractivity contribution >= 4 is 67.1 Å². The van der Waals surface area contributed by atoms with Gasteiger partial charge in [0.1, 0.15) is 45.3 Å². The van der Waals surface area contributed by atoms with Crippen LogP contribution in [0.25, 0.3) is 90.5 Å². The molecule has 0 unspecified atom stereocenters. The number of fused-ring (bicyclic) bond motifs is 6. The largest absolute Gasteiger partial charge is 0.493 e. The summed E-state index contributed by atoms with van der Waals surface area (Å²) >= 11 is 12.3. The summed E-state index contributed by atoms with van der Waals surface area (Å²) in [7, 11) is 0. The minimum absolute atomic E-state index is 0.216. The highest BCUT2D eigenvalue weighted by atomic mass is 35.5. The summed E-state index contributed by atoms with van der Waals surface area (Å²) in [4.78, 5) is 10.2. The van der Waals surface area contributed by atoms with Crippen LogP contribution in [0.1, 0.15) is 227 Å². The molecule has 4 fully saturated rings. The zero-order valence-corrected chi connectivity index (χ0v) is 87.4. The van der Waals surface area contributed by atoms with Crippen LogP contribution in [0.15, 0.2) is 205 Å². The normalized spacial score (nSPS) is 15.9. The van der Waals surface area contributed by atoms with Crippen molar-refractivity contribution in [1.29, 1.82) is 0 Å². The van der Waals surface area contributed by atoms with Crippen molar-refractivity contribution in [3.05, 3.63) is 237 Å². The molecular formula is C116H134Cl2N12O16. The number of hydrogen-bond donors (Lipinski definition) is 0. The molecule has 146 heavy (non-hydrogen) atoms. The highest BCUT2D eigenvalue weighted by Gasteiger charge is 2.32. The second-order valence-electron chi connectivity index (χ2n) is 42.2. The second-order valence-corrected chi connectivity index (χ2v) is 43.0. The lowest BCUT2D eigenvalue weighted by molar-refractivity contribution is 0.173. The van der Waals surface area contributed by atoms with E-state index in [2.05, 4.69) is 150 Å². The Hall–Kier alpha value is -12.7. The first-order valence-electron chi connectivity index (χ1n) is 52.0. The minimum Gasteiger partial charge on any atom is -0.493 e. The van der Waals surface area contributed by atoms with Gasteiger partial charge >= 0.3 is 0 Å². The van der Waals surface area contributed by atoms with Crippen molar-refractivity contribution in [3.8, 4) is 92.6 Å². The Bertz CT molecular complexity index is 7020. The Morgan fingerprint density at radius 3 is 0.932 bits per heavy atom. The number of aromatic nitrogens is 8. The molecule has 0 atom stereocenters. The molecule has 0 amide bonds. The van der Waals surface area contributed by atoms with E-state index in [1.807, 2.05) is 163 Å². The van der Waals surface area contributed by atoms with Crippen molar-refractivity contribution in [2.75, 3.05) is 119 Å². The molecule has 28 nitrogen and oxygen atoms in total. The Morgan fingerprint density at radius 2 is 0.616 bits per heavy atom. The number of nitrogens with zero attached hydrogens (tertiary/aromatic N) is 12. The van der Waals surface area contributed by atoms with Crippen molar-refractivity contribution in [3.63, 3.8) is 0 Å². The SMILES string of the molecule is CC(C)(C)c1nnc(-c2cc3c(OCCCN4CCC(c5ccc(Cl)c(Cl)c5)CC4)cccc3o2)o1.CC(C)(C)c1nnc(-c2cc3c(OCCCN4CCC(c5ccc6c(c5)OCO6)CC4)cccc3o2)o1.CC(C)Cc1nnc(-c2cc3c(OCCCN4CCC(c5ccc6c(c5)OCO6)CC4)cccc3o2)o1.Cc1ccc(C2CCN(CCCOc3cccc4oc(-c5nnc(CC(C)C)o5)cc34)CC2)cc1C. The van der Waals surface area contributed by atoms with Crippen LogP contribution in [0, 0.1) is 25.7 Å². The summed E-state index contributed by atoms with van der Waals surface area (Å²) in [5.41, 5.74) is 10.9. The first kappa shape index (κ1) is 102. The van der Waals surface area contributed by atoms with Gasteiger partial charge < -0.3 is 92.8 Å². The lowest BCUT2D eigenvalue weighted by atomic mass is 9.88. The third-order valence-electron chi connectivity index (χ3n) is 28.2. The number of benzene rings is 8. The second kappa shape index (κ2) is 46.6. The maximum atomic E-state index is 6.21. The van der Waals surface area contributed by atoms with Gasteiger partial charge in [-0.2, -0.15) is 0 Å². The molecule has 0 saturated carbocycles. The number of likely N-dealkylation sites (tertiary alicyclic amines) is 4. The molecule has 0 N–H and O–H groups in total. The molecule has 22 rings (SSSR count). The van der Waals surface area contributed by atoms with E-state index < -0.39 is 0 Å². The number of rotatable bonds is 32. The summed E-state index contributed by atoms with van der Waals surface area (Å²) in [6.45, 7) is 41.4. The number of halogens is 2. The highest BCUT2D eigenvalue weighted by Crippen LogP contribution is 2.45. The van der Waals surface area contributed by atoms with Gasteiger partial charge in [0.2, 0.25) is 37.1 Å². The predicted octanol–water partition coefficient (Wildman–Crippen LogP) is 26.9. The first-order valence-corrected chi connectivity index (χ1v) is 52.7. The van der Waals surface area contributed by atoms with Crippen LogP contribution >= 0.6 is 23.2 Å². The van der Waals surface area contributed by atoms with Crippen molar-refractivity contribution in [1.82, 2.24) is 60.4 Å². The number of hydrogen-bond acceptors (Lipinski definition) is 28. The summed E-state index contributed by atoms with van der Waals surface area (Å²) in [6, 6.07) is 56.9. The number of ether oxygens (including phenoxy) is 8. The van der Waals surface area contributed by atoms with E-state index >= 15 is 0 Å². The standard InChI is InChI=1S/C30H37N3O3.2C29H33N3O5.C28H31Cl2N3O3/c1-20(2)17-29-31-32-30(36-29)28-19-25-26(7-5-8-27(25)35-28)34-16-6-13-33-14-11-23(12-15-33)24-10-9-21(3)22(4)18-24;1-29(2,3)28-31-30-27(37-28)26-17-21-22(6-4-7-23(21)36-26)33-15-5-12-32-13-10-19(11-14-32)20-8-9-24-25(16-20)35-18-34-24;1-19(2)15-28-30-31-29(37-28)27-17-22-23(5-3-6-24(22)36-27)33-14-4-11-32-12-9-20(10-13-32)21-7-8-25-26(16-21)35-18-34-25;1-28(2,3)27-32-31-26(36-27)25-17-20-23(6-4-7-24(20)35-25)34-15-5-12-33-13-10-18(11-14-33)19-8-9-21(29)22(30)16-19/h5,7-10,18-20,23H,6,11-17H2,1-4H3;4,6-9,16-17,19H,5,10-15,18H2,1-3H3;3,5-8,16-17,19-20H,4,9-15,18H2,1-2H3;4,6-9,16-18H,5,10-15H2,1-3H3. The molecule has 16 aromatic rings. The molecular weight excluding hydrogens is 1890 g/mol. The van der Waals surface area contributed by atoms with Gasteiger partial charge in [0.05, 0.1) is 58.0 Å². The maximum Gasteiger partial charge on any atom is 0.283 e. The Balaban J connectivity index is 0.000000123. The summed E-state index contributed by atoms with van der Waals surface area (Å²) in [5, 5.41) is 38.2. The smallest absolute Gasteiger partial charge is 0.283 e. The van der Waals surface area contributed by atoms with Crippen molar-refractivity contribution in [2.24, 2.45) is 11.8 Å². The molecule has 0 radical (unpaired) electrons. The van der Waals surface area contributed by atoms with Crippen molar-refractivity contribution in [2.45, 2.75) is 207 Å². The van der Waals surface area contributed by atoms with Crippen LogP contribution in [-0.4, -0.2) is 179 Å². The first-order chi connectivity index (χ1) is 70.8. The fourth-order valence-corrected chi connectivity index (χ4v) is 20.1. The Morgan fingerprint density at radius 1 is 0.315 bits per heavy atom. The number of piperidine rings is 4. The monoisotopic (exact) mass is 2020 g/mol. The fraction of sp³-hybridized carbons (Fsp3) is 0.448. The molecule has 8 aromatic carbocycles. The van der Waals surface area contributed by atoms with Crippen molar-refractivity contribution < 1.29 is 73.2 Å². The lowest BCUT2D eigenvalue weighted by Crippen LogP contribution is -2.34. The van der Waals surface area contributed by atoms with Gasteiger partial charge in [-0.25, -0.2) is 0 Å². The molecule has 30 heteroatoms. The molecule has 6 aliphatic rings. The van der Waals surface area contributed by atoms with Gasteiger partial charge in [-0.1, -0.05) is 153 Å². The van der Waals surface area contributed by atoms with E-state index in [1.54, 1.807) is 0 Å². The molecule has 4 saturated heterocycles.